The molecule has 1 heterocycles. The first-order valence-corrected chi connectivity index (χ1v) is 14.8. The van der Waals surface area contributed by atoms with Crippen molar-refractivity contribution in [2.24, 2.45) is 5.73 Å². The number of ether oxygens (including phenoxy) is 2. The number of nitrogens with zero attached hydrogens (tertiary/aromatic N) is 2. The molecule has 2 aromatic carbocycles. The first kappa shape index (κ1) is 35.8. The number of hydrogen-bond donors (Lipinski definition) is 2. The molecular formula is C35H53N3O5. The molecule has 1 amide bonds. The zero-order valence-corrected chi connectivity index (χ0v) is 28.7. The van der Waals surface area contributed by atoms with Crippen LogP contribution in [-0.4, -0.2) is 41.0 Å². The zero-order valence-electron chi connectivity index (χ0n) is 28.7. The molecule has 0 aliphatic carbocycles. The number of methoxy groups -OCH3 is 1. The summed E-state index contributed by atoms with van der Waals surface area (Å²) in [6, 6.07) is 7.94. The Morgan fingerprint density at radius 3 is 1.63 bits per heavy atom. The molecule has 3 aromatic rings. The highest BCUT2D eigenvalue weighted by Gasteiger charge is 2.30. The van der Waals surface area contributed by atoms with Crippen molar-refractivity contribution in [3.8, 4) is 23.0 Å². The van der Waals surface area contributed by atoms with E-state index in [1.807, 2.05) is 12.1 Å². The third-order valence-electron chi connectivity index (χ3n) is 7.03. The number of aliphatic hydroxyl groups excluding tert-OH is 1. The Labute approximate surface area is 258 Å². The van der Waals surface area contributed by atoms with E-state index in [1.54, 1.807) is 14.0 Å². The smallest absolute Gasteiger partial charge is 0.252 e. The number of aliphatic hydroxyl groups is 1. The molecule has 1 atom stereocenters. The summed E-state index contributed by atoms with van der Waals surface area (Å²) in [6.45, 7) is 27.7. The second-order valence-electron chi connectivity index (χ2n) is 15.3. The van der Waals surface area contributed by atoms with E-state index >= 15 is 0 Å². The predicted molar refractivity (Wildman–Crippen MR) is 173 cm³/mol. The highest BCUT2D eigenvalue weighted by molar-refractivity contribution is 5.96. The second kappa shape index (κ2) is 13.1. The fourth-order valence-corrected chi connectivity index (χ4v) is 4.79. The Balaban J connectivity index is 0.000000300. The summed E-state index contributed by atoms with van der Waals surface area (Å²) in [6.07, 6.45) is 0.726. The molecule has 238 valence electrons. The minimum atomic E-state index is -0.610. The Hall–Kier alpha value is -3.39. The van der Waals surface area contributed by atoms with Crippen molar-refractivity contribution >= 4 is 5.91 Å². The standard InChI is InChI=1S/C18H29NO3.C17H24N2O2/c1-11(20)10-22-15-9-14(18(5,6)7)13(17(2,3)4)8-12(15)16(19)21;1-16(2,3)12-8-11(15-19-18-10-21-15)14(20-7)9-13(12)17(4,5)6/h8-9,11,20H,10H2,1-7H3,(H2,19,21);8-10H,1-7H3. The average molecular weight is 596 g/mol. The number of benzene rings is 2. The van der Waals surface area contributed by atoms with Gasteiger partial charge in [0.05, 0.1) is 24.3 Å². The average Bonchev–Trinajstić information content (AvgIpc) is 3.39. The lowest BCUT2D eigenvalue weighted by atomic mass is 9.74. The maximum Gasteiger partial charge on any atom is 0.252 e. The molecule has 0 bridgehead atoms. The van der Waals surface area contributed by atoms with Crippen molar-refractivity contribution in [1.29, 1.82) is 0 Å². The molecule has 0 saturated carbocycles. The molecule has 1 aromatic heterocycles. The quantitative estimate of drug-likeness (QED) is 0.303. The number of amides is 1. The van der Waals surface area contributed by atoms with Crippen LogP contribution in [0.1, 0.15) is 123 Å². The van der Waals surface area contributed by atoms with E-state index in [4.69, 9.17) is 19.6 Å². The van der Waals surface area contributed by atoms with Crippen molar-refractivity contribution in [2.45, 2.75) is 118 Å². The number of carbonyl (C=O) groups excluding carboxylic acids is 1. The molecule has 0 spiro atoms. The van der Waals surface area contributed by atoms with Crippen LogP contribution in [0.25, 0.3) is 11.5 Å². The fourth-order valence-electron chi connectivity index (χ4n) is 4.79. The second-order valence-corrected chi connectivity index (χ2v) is 15.3. The number of hydrogen-bond acceptors (Lipinski definition) is 7. The lowest BCUT2D eigenvalue weighted by Crippen LogP contribution is -2.25. The van der Waals surface area contributed by atoms with E-state index in [1.165, 1.54) is 17.5 Å². The van der Waals surface area contributed by atoms with E-state index in [0.29, 0.717) is 17.2 Å². The van der Waals surface area contributed by atoms with Crippen LogP contribution in [0.4, 0.5) is 0 Å². The van der Waals surface area contributed by atoms with E-state index in [0.717, 1.165) is 22.4 Å². The maximum absolute atomic E-state index is 11.8. The van der Waals surface area contributed by atoms with Gasteiger partial charge >= 0.3 is 0 Å². The van der Waals surface area contributed by atoms with Gasteiger partial charge in [0.25, 0.3) is 11.8 Å². The number of aromatic nitrogens is 2. The molecule has 0 radical (unpaired) electrons. The minimum absolute atomic E-state index is 0.0175. The van der Waals surface area contributed by atoms with Gasteiger partial charge in [-0.1, -0.05) is 83.1 Å². The molecule has 3 rings (SSSR count). The van der Waals surface area contributed by atoms with Crippen LogP contribution in [0, 0.1) is 0 Å². The molecule has 0 aliphatic rings. The van der Waals surface area contributed by atoms with Crippen LogP contribution >= 0.6 is 0 Å². The van der Waals surface area contributed by atoms with Gasteiger partial charge in [-0.15, -0.1) is 10.2 Å². The molecule has 1 unspecified atom stereocenters. The maximum atomic E-state index is 11.8. The molecule has 0 aliphatic heterocycles. The normalized spacial score (nSPS) is 13.2. The van der Waals surface area contributed by atoms with Crippen LogP contribution in [0.2, 0.25) is 0 Å². The third-order valence-corrected chi connectivity index (χ3v) is 7.03. The molecule has 43 heavy (non-hydrogen) atoms. The van der Waals surface area contributed by atoms with Crippen LogP contribution in [-0.2, 0) is 21.7 Å². The van der Waals surface area contributed by atoms with E-state index in [-0.39, 0.29) is 28.3 Å². The Bertz CT molecular complexity index is 1380. The van der Waals surface area contributed by atoms with Gasteiger partial charge in [-0.05, 0) is 75.1 Å². The van der Waals surface area contributed by atoms with Crippen molar-refractivity contribution < 1.29 is 23.8 Å². The SMILES string of the molecule is CC(O)COc1cc(C(C)(C)C)c(C(C)(C)C)cc1C(N)=O.COc1cc(C(C)(C)C)c(C(C)(C)C)cc1-c1nnco1. The van der Waals surface area contributed by atoms with Crippen molar-refractivity contribution in [3.63, 3.8) is 0 Å². The van der Waals surface area contributed by atoms with Gasteiger partial charge in [0, 0.05) is 0 Å². The topological polar surface area (TPSA) is 121 Å². The van der Waals surface area contributed by atoms with Crippen LogP contribution < -0.4 is 15.2 Å². The molecule has 3 N–H and O–H groups in total. The first-order chi connectivity index (χ1) is 19.5. The van der Waals surface area contributed by atoms with Crippen molar-refractivity contribution in [1.82, 2.24) is 10.2 Å². The Kier molecular flexibility index (Phi) is 10.9. The Morgan fingerprint density at radius 2 is 1.26 bits per heavy atom. The van der Waals surface area contributed by atoms with Gasteiger partial charge < -0.3 is 24.7 Å². The first-order valence-electron chi connectivity index (χ1n) is 14.8. The van der Waals surface area contributed by atoms with E-state index in [9.17, 15) is 9.90 Å². The van der Waals surface area contributed by atoms with Gasteiger partial charge in [0.2, 0.25) is 6.39 Å². The number of primary amides is 1. The molecule has 8 heteroatoms. The summed E-state index contributed by atoms with van der Waals surface area (Å²) in [7, 11) is 1.67. The van der Waals surface area contributed by atoms with Crippen LogP contribution in [0.5, 0.6) is 11.5 Å². The van der Waals surface area contributed by atoms with E-state index < -0.39 is 12.0 Å². The van der Waals surface area contributed by atoms with Gasteiger partial charge in [-0.25, -0.2) is 0 Å². The predicted octanol–water partition coefficient (Wildman–Crippen LogP) is 7.48. The van der Waals surface area contributed by atoms with Gasteiger partial charge in [0.1, 0.15) is 18.1 Å². The zero-order chi connectivity index (χ0) is 33.1. The van der Waals surface area contributed by atoms with Crippen molar-refractivity contribution in [3.05, 3.63) is 58.5 Å². The summed E-state index contributed by atoms with van der Waals surface area (Å²) in [5.74, 6) is 1.16. The highest BCUT2D eigenvalue weighted by Crippen LogP contribution is 2.41. The van der Waals surface area contributed by atoms with Gasteiger partial charge in [0.15, 0.2) is 0 Å². The lowest BCUT2D eigenvalue weighted by Gasteiger charge is -2.31. The summed E-state index contributed by atoms with van der Waals surface area (Å²) in [5.41, 5.74) is 11.3. The summed E-state index contributed by atoms with van der Waals surface area (Å²) in [5, 5.41) is 17.2. The van der Waals surface area contributed by atoms with Crippen molar-refractivity contribution in [2.75, 3.05) is 13.7 Å². The fraction of sp³-hybridized carbons (Fsp3) is 0.571. The summed E-state index contributed by atoms with van der Waals surface area (Å²) < 4.78 is 16.5. The van der Waals surface area contributed by atoms with E-state index in [2.05, 4.69) is 105 Å². The largest absolute Gasteiger partial charge is 0.496 e. The van der Waals surface area contributed by atoms with Gasteiger partial charge in [-0.2, -0.15) is 0 Å². The Morgan fingerprint density at radius 1 is 0.814 bits per heavy atom. The number of nitrogens with two attached hydrogens (primary N) is 1. The summed E-state index contributed by atoms with van der Waals surface area (Å²) in [4.78, 5) is 11.8. The van der Waals surface area contributed by atoms with Crippen LogP contribution in [0.15, 0.2) is 35.1 Å². The highest BCUT2D eigenvalue weighted by atomic mass is 16.5. The lowest BCUT2D eigenvalue weighted by molar-refractivity contribution is 0.0982. The van der Waals surface area contributed by atoms with Gasteiger partial charge in [-0.3, -0.25) is 4.79 Å². The molecule has 8 nitrogen and oxygen atoms in total. The number of rotatable bonds is 6. The third kappa shape index (κ3) is 9.30. The number of carbonyl (C=O) groups is 1. The molecule has 0 saturated heterocycles. The van der Waals surface area contributed by atoms with Crippen LogP contribution in [0.3, 0.4) is 0 Å². The molecular weight excluding hydrogens is 542 g/mol. The molecule has 0 fully saturated rings. The minimum Gasteiger partial charge on any atom is -0.496 e. The monoisotopic (exact) mass is 595 g/mol. The summed E-state index contributed by atoms with van der Waals surface area (Å²) >= 11 is 0.